The monoisotopic (exact) mass is 239 g/mol. The Labute approximate surface area is 102 Å². The van der Waals surface area contributed by atoms with Crippen LogP contribution in [0.5, 0.6) is 0 Å². The van der Waals surface area contributed by atoms with Gasteiger partial charge in [-0.15, -0.1) is 0 Å². The van der Waals surface area contributed by atoms with Crippen LogP contribution in [0.15, 0.2) is 12.1 Å². The molecule has 0 aromatic carbocycles. The number of H-pyrrole nitrogens is 1. The van der Waals surface area contributed by atoms with E-state index in [0.29, 0.717) is 12.2 Å². The van der Waals surface area contributed by atoms with Crippen molar-refractivity contribution in [1.29, 1.82) is 0 Å². The van der Waals surface area contributed by atoms with Gasteiger partial charge in [0.05, 0.1) is 6.10 Å². The number of aromatic amines is 1. The molecule has 0 aliphatic rings. The molecule has 0 spiro atoms. The third-order valence-corrected chi connectivity index (χ3v) is 2.45. The highest BCUT2D eigenvalue weighted by Gasteiger charge is 2.10. The molecule has 0 radical (unpaired) electrons. The third-order valence-electron chi connectivity index (χ3n) is 2.45. The summed E-state index contributed by atoms with van der Waals surface area (Å²) in [4.78, 5) is 16.6. The number of amides is 1. The molecule has 1 aromatic heterocycles. The highest BCUT2D eigenvalue weighted by atomic mass is 16.3. The molecule has 96 valence electrons. The van der Waals surface area contributed by atoms with Crippen molar-refractivity contribution in [3.63, 3.8) is 0 Å². The molecule has 0 saturated heterocycles. The number of aromatic nitrogens is 1. The Balaban J connectivity index is 2.39. The zero-order chi connectivity index (χ0) is 12.8. The van der Waals surface area contributed by atoms with Gasteiger partial charge in [0.1, 0.15) is 5.69 Å². The van der Waals surface area contributed by atoms with E-state index in [9.17, 15) is 9.90 Å². The molecule has 1 rings (SSSR count). The van der Waals surface area contributed by atoms with E-state index in [0.717, 1.165) is 12.1 Å². The summed E-state index contributed by atoms with van der Waals surface area (Å²) in [7, 11) is 3.76. The first-order chi connectivity index (χ1) is 8.02. The van der Waals surface area contributed by atoms with Crippen molar-refractivity contribution < 1.29 is 9.90 Å². The Kier molecular flexibility index (Phi) is 5.18. The normalized spacial score (nSPS) is 12.8. The fourth-order valence-corrected chi connectivity index (χ4v) is 1.57. The minimum absolute atomic E-state index is 0.178. The van der Waals surface area contributed by atoms with E-state index >= 15 is 0 Å². The summed E-state index contributed by atoms with van der Waals surface area (Å²) in [5.41, 5.74) is 1.57. The van der Waals surface area contributed by atoms with Crippen LogP contribution in [0, 0.1) is 0 Å². The van der Waals surface area contributed by atoms with E-state index in [-0.39, 0.29) is 12.5 Å². The Morgan fingerprint density at radius 2 is 2.24 bits per heavy atom. The van der Waals surface area contributed by atoms with E-state index in [1.54, 1.807) is 6.07 Å². The topological polar surface area (TPSA) is 68.4 Å². The molecule has 3 N–H and O–H groups in total. The minimum atomic E-state index is -0.547. The summed E-state index contributed by atoms with van der Waals surface area (Å²) >= 11 is 0. The second-order valence-electron chi connectivity index (χ2n) is 4.38. The smallest absolute Gasteiger partial charge is 0.267 e. The highest BCUT2D eigenvalue weighted by Crippen LogP contribution is 2.02. The number of carbonyl (C=O) groups excluding carboxylic acids is 1. The summed E-state index contributed by atoms with van der Waals surface area (Å²) in [6.45, 7) is 2.82. The molecule has 17 heavy (non-hydrogen) atoms. The lowest BCUT2D eigenvalue weighted by Crippen LogP contribution is -2.37. The number of aliphatic hydroxyl groups is 1. The number of hydrogen-bond acceptors (Lipinski definition) is 3. The number of aryl methyl sites for hydroxylation is 1. The van der Waals surface area contributed by atoms with Crippen molar-refractivity contribution in [2.75, 3.05) is 27.2 Å². The Morgan fingerprint density at radius 3 is 2.76 bits per heavy atom. The summed E-state index contributed by atoms with van der Waals surface area (Å²) < 4.78 is 0. The van der Waals surface area contributed by atoms with Crippen molar-refractivity contribution in [2.24, 2.45) is 0 Å². The van der Waals surface area contributed by atoms with Gasteiger partial charge in [-0.05, 0) is 32.6 Å². The van der Waals surface area contributed by atoms with Crippen LogP contribution in [-0.2, 0) is 6.42 Å². The van der Waals surface area contributed by atoms with Gasteiger partial charge in [0.2, 0.25) is 0 Å². The lowest BCUT2D eigenvalue weighted by molar-refractivity contribution is 0.0888. The summed E-state index contributed by atoms with van der Waals surface area (Å²) in [5.74, 6) is -0.178. The number of hydrogen-bond donors (Lipinski definition) is 3. The molecule has 1 aromatic rings. The maximum Gasteiger partial charge on any atom is 0.267 e. The van der Waals surface area contributed by atoms with Crippen molar-refractivity contribution in [2.45, 2.75) is 19.4 Å². The van der Waals surface area contributed by atoms with Gasteiger partial charge in [-0.1, -0.05) is 6.92 Å². The largest absolute Gasteiger partial charge is 0.390 e. The van der Waals surface area contributed by atoms with Gasteiger partial charge >= 0.3 is 0 Å². The van der Waals surface area contributed by atoms with Gasteiger partial charge in [-0.2, -0.15) is 0 Å². The number of carbonyl (C=O) groups is 1. The van der Waals surface area contributed by atoms with Crippen LogP contribution in [-0.4, -0.2) is 54.2 Å². The SMILES string of the molecule is CCc1ccc(C(=O)NC[C@@H](O)CN(C)C)[nH]1. The van der Waals surface area contributed by atoms with Gasteiger partial charge in [-0.3, -0.25) is 4.79 Å². The number of aliphatic hydroxyl groups excluding tert-OH is 1. The number of nitrogens with one attached hydrogen (secondary N) is 2. The molecule has 5 heteroatoms. The quantitative estimate of drug-likeness (QED) is 0.665. The van der Waals surface area contributed by atoms with E-state index < -0.39 is 6.10 Å². The van der Waals surface area contributed by atoms with E-state index in [1.165, 1.54) is 0 Å². The molecule has 0 aliphatic heterocycles. The van der Waals surface area contributed by atoms with Crippen LogP contribution >= 0.6 is 0 Å². The van der Waals surface area contributed by atoms with Gasteiger partial charge in [0, 0.05) is 18.8 Å². The maximum absolute atomic E-state index is 11.7. The molecule has 1 atom stereocenters. The molecule has 1 amide bonds. The van der Waals surface area contributed by atoms with Crippen LogP contribution < -0.4 is 5.32 Å². The standard InChI is InChI=1S/C12H21N3O2/c1-4-9-5-6-11(14-9)12(17)13-7-10(16)8-15(2)3/h5-6,10,14,16H,4,7-8H2,1-3H3,(H,13,17)/t10-/m1/s1. The summed E-state index contributed by atoms with van der Waals surface area (Å²) in [6.07, 6.45) is 0.325. The van der Waals surface area contributed by atoms with Crippen LogP contribution in [0.2, 0.25) is 0 Å². The van der Waals surface area contributed by atoms with E-state index in [1.807, 2.05) is 32.0 Å². The summed E-state index contributed by atoms with van der Waals surface area (Å²) in [6, 6.07) is 3.65. The Morgan fingerprint density at radius 1 is 1.53 bits per heavy atom. The fraction of sp³-hybridized carbons (Fsp3) is 0.583. The molecule has 0 fully saturated rings. The first-order valence-corrected chi connectivity index (χ1v) is 5.81. The van der Waals surface area contributed by atoms with Crippen molar-refractivity contribution >= 4 is 5.91 Å². The van der Waals surface area contributed by atoms with Crippen molar-refractivity contribution in [3.8, 4) is 0 Å². The first-order valence-electron chi connectivity index (χ1n) is 5.81. The fourth-order valence-electron chi connectivity index (χ4n) is 1.57. The second kappa shape index (κ2) is 6.42. The third kappa shape index (κ3) is 4.58. The molecule has 0 aliphatic carbocycles. The Bertz CT molecular complexity index is 360. The van der Waals surface area contributed by atoms with Crippen LogP contribution in [0.1, 0.15) is 23.1 Å². The predicted molar refractivity (Wildman–Crippen MR) is 67.1 cm³/mol. The van der Waals surface area contributed by atoms with E-state index in [4.69, 9.17) is 0 Å². The van der Waals surface area contributed by atoms with Gasteiger partial charge in [0.15, 0.2) is 0 Å². The molecule has 0 bridgehead atoms. The van der Waals surface area contributed by atoms with E-state index in [2.05, 4.69) is 10.3 Å². The average molecular weight is 239 g/mol. The van der Waals surface area contributed by atoms with Crippen LogP contribution in [0.25, 0.3) is 0 Å². The van der Waals surface area contributed by atoms with Crippen LogP contribution in [0.3, 0.4) is 0 Å². The number of nitrogens with zero attached hydrogens (tertiary/aromatic N) is 1. The Hall–Kier alpha value is -1.33. The molecule has 0 saturated carbocycles. The highest BCUT2D eigenvalue weighted by molar-refractivity contribution is 5.92. The molecular formula is C12H21N3O2. The lowest BCUT2D eigenvalue weighted by atomic mass is 10.3. The zero-order valence-corrected chi connectivity index (χ0v) is 10.7. The van der Waals surface area contributed by atoms with Gasteiger partial charge < -0.3 is 20.3 Å². The average Bonchev–Trinajstić information content (AvgIpc) is 2.73. The first kappa shape index (κ1) is 13.7. The van der Waals surface area contributed by atoms with Crippen molar-refractivity contribution in [1.82, 2.24) is 15.2 Å². The maximum atomic E-state index is 11.7. The molecule has 5 nitrogen and oxygen atoms in total. The van der Waals surface area contributed by atoms with Crippen LogP contribution in [0.4, 0.5) is 0 Å². The summed E-state index contributed by atoms with van der Waals surface area (Å²) in [5, 5.41) is 12.3. The molecular weight excluding hydrogens is 218 g/mol. The molecule has 0 unspecified atom stereocenters. The number of rotatable bonds is 6. The van der Waals surface area contributed by atoms with Crippen molar-refractivity contribution in [3.05, 3.63) is 23.5 Å². The van der Waals surface area contributed by atoms with Gasteiger partial charge in [-0.25, -0.2) is 0 Å². The lowest BCUT2D eigenvalue weighted by Gasteiger charge is -2.16. The predicted octanol–water partition coefficient (Wildman–Crippen LogP) is 0.229. The number of likely N-dealkylation sites (N-methyl/N-ethyl adjacent to an activating group) is 1. The van der Waals surface area contributed by atoms with Gasteiger partial charge in [0.25, 0.3) is 5.91 Å². The molecule has 1 heterocycles. The minimum Gasteiger partial charge on any atom is -0.390 e. The second-order valence-corrected chi connectivity index (χ2v) is 4.38. The zero-order valence-electron chi connectivity index (χ0n) is 10.7.